The third-order valence-corrected chi connectivity index (χ3v) is 3.67. The normalized spacial score (nSPS) is 37.8. The molecule has 0 aromatic carbocycles. The molecule has 1 nitrogen and oxygen atoms in total. The van der Waals surface area contributed by atoms with Crippen LogP contribution in [-0.4, -0.2) is 12.1 Å². The van der Waals surface area contributed by atoms with Gasteiger partial charge < -0.3 is 5.32 Å². The van der Waals surface area contributed by atoms with Gasteiger partial charge in [-0.1, -0.05) is 25.7 Å². The van der Waals surface area contributed by atoms with Crippen molar-refractivity contribution in [3.63, 3.8) is 0 Å². The third-order valence-electron chi connectivity index (χ3n) is 3.67. The predicted octanol–water partition coefficient (Wildman–Crippen LogP) is 2.71. The van der Waals surface area contributed by atoms with Crippen molar-refractivity contribution >= 4 is 0 Å². The molecule has 1 saturated heterocycles. The van der Waals surface area contributed by atoms with Gasteiger partial charge >= 0.3 is 0 Å². The van der Waals surface area contributed by atoms with Crippen LogP contribution >= 0.6 is 0 Å². The second-order valence-electron chi connectivity index (χ2n) is 4.95. The van der Waals surface area contributed by atoms with E-state index < -0.39 is 0 Å². The van der Waals surface area contributed by atoms with Crippen LogP contribution in [0, 0.1) is 5.92 Å². The molecule has 0 radical (unpaired) electrons. The van der Waals surface area contributed by atoms with Gasteiger partial charge in [0, 0.05) is 5.54 Å². The van der Waals surface area contributed by atoms with E-state index in [1.54, 1.807) is 0 Å². The van der Waals surface area contributed by atoms with Gasteiger partial charge in [0.25, 0.3) is 0 Å². The lowest BCUT2D eigenvalue weighted by Crippen LogP contribution is -2.37. The highest BCUT2D eigenvalue weighted by atomic mass is 15.0. The molecule has 1 aliphatic heterocycles. The number of hydrogen-bond donors (Lipinski definition) is 1. The molecular formula is C11H21N. The van der Waals surface area contributed by atoms with Gasteiger partial charge in [-0.2, -0.15) is 0 Å². The average molecular weight is 167 g/mol. The Morgan fingerprint density at radius 1 is 1.25 bits per heavy atom. The Kier molecular flexibility index (Phi) is 2.40. The molecule has 2 aliphatic rings. The molecule has 0 bridgehead atoms. The van der Waals surface area contributed by atoms with Gasteiger partial charge in [0.1, 0.15) is 0 Å². The van der Waals surface area contributed by atoms with Gasteiger partial charge in [-0.05, 0) is 38.6 Å². The average Bonchev–Trinajstić information content (AvgIpc) is 2.62. The molecule has 0 spiro atoms. The second kappa shape index (κ2) is 3.37. The lowest BCUT2D eigenvalue weighted by Gasteiger charge is -2.27. The highest BCUT2D eigenvalue weighted by molar-refractivity contribution is 4.91. The van der Waals surface area contributed by atoms with Crippen LogP contribution in [0.2, 0.25) is 0 Å². The first-order valence-corrected chi connectivity index (χ1v) is 5.54. The molecule has 12 heavy (non-hydrogen) atoms. The molecule has 70 valence electrons. The Labute approximate surface area is 75.9 Å². The third kappa shape index (κ3) is 1.82. The van der Waals surface area contributed by atoms with Crippen molar-refractivity contribution in [2.24, 2.45) is 5.92 Å². The van der Waals surface area contributed by atoms with Crippen LogP contribution < -0.4 is 5.32 Å². The lowest BCUT2D eigenvalue weighted by atomic mass is 9.87. The standard InChI is InChI=1S/C11H21N/c1-11(7-4-8-12-11)9-10-5-2-3-6-10/h10,12H,2-9H2,1H3/t11-/m1/s1. The van der Waals surface area contributed by atoms with Crippen molar-refractivity contribution in [3.05, 3.63) is 0 Å². The summed E-state index contributed by atoms with van der Waals surface area (Å²) in [5.74, 6) is 1.04. The maximum absolute atomic E-state index is 3.66. The number of hydrogen-bond acceptors (Lipinski definition) is 1. The molecule has 0 aromatic heterocycles. The molecule has 1 saturated carbocycles. The zero-order valence-corrected chi connectivity index (χ0v) is 8.23. The Morgan fingerprint density at radius 2 is 2.00 bits per heavy atom. The van der Waals surface area contributed by atoms with Crippen LogP contribution in [0.4, 0.5) is 0 Å². The minimum absolute atomic E-state index is 0.509. The van der Waals surface area contributed by atoms with E-state index in [9.17, 15) is 0 Å². The van der Waals surface area contributed by atoms with E-state index in [4.69, 9.17) is 0 Å². The van der Waals surface area contributed by atoms with Crippen LogP contribution in [0.25, 0.3) is 0 Å². The van der Waals surface area contributed by atoms with E-state index in [1.807, 2.05) is 0 Å². The summed E-state index contributed by atoms with van der Waals surface area (Å²) in [6.45, 7) is 3.67. The fourth-order valence-electron chi connectivity index (χ4n) is 2.98. The summed E-state index contributed by atoms with van der Waals surface area (Å²) in [7, 11) is 0. The van der Waals surface area contributed by atoms with Gasteiger partial charge in [-0.15, -0.1) is 0 Å². The lowest BCUT2D eigenvalue weighted by molar-refractivity contribution is 0.310. The van der Waals surface area contributed by atoms with E-state index >= 15 is 0 Å². The highest BCUT2D eigenvalue weighted by Crippen LogP contribution is 2.34. The Bertz CT molecular complexity index is 141. The largest absolute Gasteiger partial charge is 0.312 e. The molecule has 0 aromatic rings. The van der Waals surface area contributed by atoms with Crippen LogP contribution in [-0.2, 0) is 0 Å². The molecule has 0 amide bonds. The fraction of sp³-hybridized carbons (Fsp3) is 1.00. The predicted molar refractivity (Wildman–Crippen MR) is 52.2 cm³/mol. The molecular weight excluding hydrogens is 146 g/mol. The van der Waals surface area contributed by atoms with Crippen LogP contribution in [0.1, 0.15) is 51.9 Å². The van der Waals surface area contributed by atoms with Crippen molar-refractivity contribution < 1.29 is 0 Å². The van der Waals surface area contributed by atoms with E-state index in [0.717, 1.165) is 5.92 Å². The van der Waals surface area contributed by atoms with Crippen molar-refractivity contribution in [1.82, 2.24) is 5.32 Å². The SMILES string of the molecule is C[C@]1(CC2CCCC2)CCCN1. The Hall–Kier alpha value is -0.0400. The Morgan fingerprint density at radius 3 is 2.58 bits per heavy atom. The van der Waals surface area contributed by atoms with E-state index in [-0.39, 0.29) is 0 Å². The van der Waals surface area contributed by atoms with Crippen molar-refractivity contribution in [1.29, 1.82) is 0 Å². The molecule has 0 unspecified atom stereocenters. The monoisotopic (exact) mass is 167 g/mol. The molecule has 2 rings (SSSR count). The maximum Gasteiger partial charge on any atom is 0.0156 e. The quantitative estimate of drug-likeness (QED) is 0.667. The number of rotatable bonds is 2. The first kappa shape index (κ1) is 8.55. The summed E-state index contributed by atoms with van der Waals surface area (Å²) >= 11 is 0. The molecule has 1 N–H and O–H groups in total. The van der Waals surface area contributed by atoms with Crippen molar-refractivity contribution in [3.8, 4) is 0 Å². The summed E-state index contributed by atoms with van der Waals surface area (Å²) in [5.41, 5.74) is 0.509. The van der Waals surface area contributed by atoms with Crippen LogP contribution in [0.5, 0.6) is 0 Å². The zero-order valence-electron chi connectivity index (χ0n) is 8.23. The fourth-order valence-corrected chi connectivity index (χ4v) is 2.98. The van der Waals surface area contributed by atoms with E-state index in [0.29, 0.717) is 5.54 Å². The minimum atomic E-state index is 0.509. The van der Waals surface area contributed by atoms with Gasteiger partial charge in [-0.3, -0.25) is 0 Å². The van der Waals surface area contributed by atoms with Crippen molar-refractivity contribution in [2.45, 2.75) is 57.4 Å². The number of nitrogens with one attached hydrogen (secondary N) is 1. The van der Waals surface area contributed by atoms with Crippen molar-refractivity contribution in [2.75, 3.05) is 6.54 Å². The van der Waals surface area contributed by atoms with Crippen LogP contribution in [0.15, 0.2) is 0 Å². The van der Waals surface area contributed by atoms with Gasteiger partial charge in [-0.25, -0.2) is 0 Å². The zero-order chi connectivity index (χ0) is 8.44. The molecule has 1 heteroatoms. The highest BCUT2D eigenvalue weighted by Gasteiger charge is 2.31. The molecule has 2 fully saturated rings. The summed E-state index contributed by atoms with van der Waals surface area (Å²) < 4.78 is 0. The van der Waals surface area contributed by atoms with Crippen LogP contribution in [0.3, 0.4) is 0 Å². The topological polar surface area (TPSA) is 12.0 Å². The molecule has 1 aliphatic carbocycles. The smallest absolute Gasteiger partial charge is 0.0156 e. The minimum Gasteiger partial charge on any atom is -0.312 e. The summed E-state index contributed by atoms with van der Waals surface area (Å²) in [6.07, 6.45) is 10.2. The molecule has 1 atom stereocenters. The Balaban J connectivity index is 1.83. The summed E-state index contributed by atoms with van der Waals surface area (Å²) in [5, 5.41) is 3.66. The van der Waals surface area contributed by atoms with E-state index in [2.05, 4.69) is 12.2 Å². The van der Waals surface area contributed by atoms with E-state index in [1.165, 1.54) is 51.5 Å². The van der Waals surface area contributed by atoms with Gasteiger partial charge in [0.15, 0.2) is 0 Å². The van der Waals surface area contributed by atoms with Gasteiger partial charge in [0.2, 0.25) is 0 Å². The first-order valence-electron chi connectivity index (χ1n) is 5.54. The maximum atomic E-state index is 3.66. The molecule has 1 heterocycles. The second-order valence-corrected chi connectivity index (χ2v) is 4.95. The van der Waals surface area contributed by atoms with Gasteiger partial charge in [0.05, 0.1) is 0 Å². The first-order chi connectivity index (χ1) is 5.79. The summed E-state index contributed by atoms with van der Waals surface area (Å²) in [6, 6.07) is 0. The summed E-state index contributed by atoms with van der Waals surface area (Å²) in [4.78, 5) is 0.